The van der Waals surface area contributed by atoms with E-state index in [1.165, 1.54) is 0 Å². The lowest BCUT2D eigenvalue weighted by Gasteiger charge is -2.02. The Labute approximate surface area is 147 Å². The number of aromatic amines is 2. The van der Waals surface area contributed by atoms with E-state index in [2.05, 4.69) is 24.9 Å². The van der Waals surface area contributed by atoms with Crippen molar-refractivity contribution < 1.29 is 0 Å². The number of hydrogen-bond acceptors (Lipinski definition) is 3. The van der Waals surface area contributed by atoms with Crippen LogP contribution in [0.1, 0.15) is 0 Å². The molecular formula is C19H12ClN5. The molecule has 3 aromatic heterocycles. The first-order valence-corrected chi connectivity index (χ1v) is 8.22. The molecule has 0 unspecified atom stereocenters. The third kappa shape index (κ3) is 2.37. The molecular weight excluding hydrogens is 334 g/mol. The lowest BCUT2D eigenvalue weighted by molar-refractivity contribution is 1.20. The van der Waals surface area contributed by atoms with Gasteiger partial charge in [0.25, 0.3) is 0 Å². The Morgan fingerprint density at radius 1 is 0.640 bits per heavy atom. The van der Waals surface area contributed by atoms with Gasteiger partial charge in [0.1, 0.15) is 11.4 Å². The number of fused-ring (bicyclic) bond motifs is 2. The first kappa shape index (κ1) is 14.2. The second-order valence-electron chi connectivity index (χ2n) is 5.73. The van der Waals surface area contributed by atoms with Crippen LogP contribution in [0.2, 0.25) is 5.02 Å². The molecule has 0 saturated heterocycles. The van der Waals surface area contributed by atoms with Gasteiger partial charge in [-0.3, -0.25) is 0 Å². The molecule has 5 nitrogen and oxygen atoms in total. The van der Waals surface area contributed by atoms with Gasteiger partial charge in [-0.05, 0) is 36.4 Å². The second-order valence-corrected chi connectivity index (χ2v) is 6.14. The number of halogens is 1. The van der Waals surface area contributed by atoms with Crippen LogP contribution in [-0.2, 0) is 0 Å². The molecule has 0 amide bonds. The molecule has 0 aliphatic carbocycles. The average molecular weight is 346 g/mol. The summed E-state index contributed by atoms with van der Waals surface area (Å²) < 4.78 is 0. The number of pyridine rings is 1. The van der Waals surface area contributed by atoms with Crippen LogP contribution in [0.5, 0.6) is 0 Å². The number of aromatic nitrogens is 5. The lowest BCUT2D eigenvalue weighted by atomic mass is 10.3. The third-order valence-corrected chi connectivity index (χ3v) is 4.40. The summed E-state index contributed by atoms with van der Waals surface area (Å²) in [6.45, 7) is 0. The first-order chi connectivity index (χ1) is 12.3. The third-order valence-electron chi connectivity index (χ3n) is 4.09. The summed E-state index contributed by atoms with van der Waals surface area (Å²) in [4.78, 5) is 20.4. The Morgan fingerprint density at radius 2 is 1.24 bits per heavy atom. The van der Waals surface area contributed by atoms with Crippen molar-refractivity contribution in [2.75, 3.05) is 0 Å². The highest BCUT2D eigenvalue weighted by molar-refractivity contribution is 6.33. The van der Waals surface area contributed by atoms with E-state index in [0.717, 1.165) is 27.8 Å². The molecule has 0 radical (unpaired) electrons. The molecule has 0 bridgehead atoms. The summed E-state index contributed by atoms with van der Waals surface area (Å²) in [6, 6.07) is 19.4. The van der Waals surface area contributed by atoms with Crippen LogP contribution in [0.4, 0.5) is 0 Å². The number of H-pyrrole nitrogens is 2. The van der Waals surface area contributed by atoms with Gasteiger partial charge >= 0.3 is 0 Å². The van der Waals surface area contributed by atoms with Crippen molar-refractivity contribution in [3.05, 3.63) is 65.7 Å². The van der Waals surface area contributed by atoms with Gasteiger partial charge in [0, 0.05) is 0 Å². The Balaban J connectivity index is 1.66. The molecule has 0 spiro atoms. The molecule has 3 heterocycles. The van der Waals surface area contributed by atoms with Crippen LogP contribution >= 0.6 is 11.6 Å². The van der Waals surface area contributed by atoms with Gasteiger partial charge in [-0.25, -0.2) is 15.0 Å². The highest BCUT2D eigenvalue weighted by Crippen LogP contribution is 2.29. The number of rotatable bonds is 2. The second kappa shape index (κ2) is 5.43. The van der Waals surface area contributed by atoms with Crippen LogP contribution in [-0.4, -0.2) is 24.9 Å². The Morgan fingerprint density at radius 3 is 1.92 bits per heavy atom. The fraction of sp³-hybridized carbons (Fsp3) is 0. The topological polar surface area (TPSA) is 70.2 Å². The predicted octanol–water partition coefficient (Wildman–Crippen LogP) is 4.82. The van der Waals surface area contributed by atoms with Crippen molar-refractivity contribution in [3.8, 4) is 23.0 Å². The number of nitrogens with zero attached hydrogens (tertiary/aromatic N) is 3. The van der Waals surface area contributed by atoms with Crippen LogP contribution in [0.3, 0.4) is 0 Å². The fourth-order valence-corrected chi connectivity index (χ4v) is 3.07. The molecule has 0 atom stereocenters. The van der Waals surface area contributed by atoms with Gasteiger partial charge < -0.3 is 9.97 Å². The lowest BCUT2D eigenvalue weighted by Crippen LogP contribution is -1.92. The Kier molecular flexibility index (Phi) is 3.08. The quantitative estimate of drug-likeness (QED) is 0.481. The minimum Gasteiger partial charge on any atom is -0.337 e. The summed E-state index contributed by atoms with van der Waals surface area (Å²) in [5, 5.41) is 0.541. The van der Waals surface area contributed by atoms with Crippen LogP contribution in [0, 0.1) is 0 Å². The van der Waals surface area contributed by atoms with Crippen LogP contribution < -0.4 is 0 Å². The van der Waals surface area contributed by atoms with Crippen molar-refractivity contribution in [3.63, 3.8) is 0 Å². The molecule has 0 fully saturated rings. The van der Waals surface area contributed by atoms with Gasteiger partial charge in [-0.2, -0.15) is 0 Å². The SMILES string of the molecule is Clc1ccc(-c2nc3ccccc3[nH]2)nc1-c1nc2ccccc2[nH]1. The molecule has 120 valence electrons. The maximum Gasteiger partial charge on any atom is 0.158 e. The van der Waals surface area contributed by atoms with Gasteiger partial charge in [0.15, 0.2) is 11.6 Å². The highest BCUT2D eigenvalue weighted by atomic mass is 35.5. The summed E-state index contributed by atoms with van der Waals surface area (Å²) >= 11 is 6.37. The first-order valence-electron chi connectivity index (χ1n) is 7.85. The van der Waals surface area contributed by atoms with Gasteiger partial charge in [0.2, 0.25) is 0 Å². The summed E-state index contributed by atoms with van der Waals surface area (Å²) in [7, 11) is 0. The van der Waals surface area contributed by atoms with E-state index < -0.39 is 0 Å². The maximum absolute atomic E-state index is 6.37. The van der Waals surface area contributed by atoms with Crippen molar-refractivity contribution in [1.29, 1.82) is 0 Å². The standard InChI is InChI=1S/C19H12ClN5/c20-11-9-10-16(18-22-12-5-1-2-6-13(12)23-18)21-17(11)19-24-14-7-3-4-8-15(14)25-19/h1-10H,(H,22,23)(H,24,25). The van der Waals surface area contributed by atoms with Gasteiger partial charge in [-0.1, -0.05) is 35.9 Å². The molecule has 5 rings (SSSR count). The molecule has 25 heavy (non-hydrogen) atoms. The van der Waals surface area contributed by atoms with Crippen LogP contribution in [0.15, 0.2) is 60.7 Å². The number of hydrogen-bond donors (Lipinski definition) is 2. The minimum absolute atomic E-state index is 0.541. The molecule has 2 aromatic carbocycles. The van der Waals surface area contributed by atoms with Crippen molar-refractivity contribution in [2.45, 2.75) is 0 Å². The minimum atomic E-state index is 0.541. The zero-order chi connectivity index (χ0) is 16.8. The normalized spacial score (nSPS) is 11.4. The van der Waals surface area contributed by atoms with Gasteiger partial charge in [-0.15, -0.1) is 0 Å². The van der Waals surface area contributed by atoms with E-state index in [1.54, 1.807) is 0 Å². The number of nitrogens with one attached hydrogen (secondary N) is 2. The molecule has 0 aliphatic heterocycles. The van der Waals surface area contributed by atoms with E-state index in [9.17, 15) is 0 Å². The molecule has 2 N–H and O–H groups in total. The molecule has 0 saturated carbocycles. The number of benzene rings is 2. The highest BCUT2D eigenvalue weighted by Gasteiger charge is 2.14. The Bertz CT molecular complexity index is 1150. The van der Waals surface area contributed by atoms with Crippen molar-refractivity contribution >= 4 is 33.7 Å². The fourth-order valence-electron chi connectivity index (χ4n) is 2.88. The molecule has 5 aromatic rings. The van der Waals surface area contributed by atoms with E-state index >= 15 is 0 Å². The average Bonchev–Trinajstić information content (AvgIpc) is 3.26. The van der Waals surface area contributed by atoms with E-state index in [0.29, 0.717) is 22.4 Å². The van der Waals surface area contributed by atoms with Crippen molar-refractivity contribution in [2.24, 2.45) is 0 Å². The zero-order valence-electron chi connectivity index (χ0n) is 13.0. The Hall–Kier alpha value is -3.18. The van der Waals surface area contributed by atoms with Crippen molar-refractivity contribution in [1.82, 2.24) is 24.9 Å². The number of para-hydroxylation sites is 4. The smallest absolute Gasteiger partial charge is 0.158 e. The molecule has 6 heteroatoms. The van der Waals surface area contributed by atoms with E-state index in [4.69, 9.17) is 11.6 Å². The van der Waals surface area contributed by atoms with Crippen LogP contribution in [0.25, 0.3) is 45.1 Å². The summed E-state index contributed by atoms with van der Waals surface area (Å²) in [5.74, 6) is 1.35. The predicted molar refractivity (Wildman–Crippen MR) is 99.4 cm³/mol. The largest absolute Gasteiger partial charge is 0.337 e. The summed E-state index contributed by atoms with van der Waals surface area (Å²) in [5.41, 5.74) is 5.03. The zero-order valence-corrected chi connectivity index (χ0v) is 13.7. The molecule has 0 aliphatic rings. The summed E-state index contributed by atoms with van der Waals surface area (Å²) in [6.07, 6.45) is 0. The van der Waals surface area contributed by atoms with E-state index in [-0.39, 0.29) is 0 Å². The van der Waals surface area contributed by atoms with E-state index in [1.807, 2.05) is 60.7 Å². The monoisotopic (exact) mass is 345 g/mol. The maximum atomic E-state index is 6.37. The number of imidazole rings is 2. The van der Waals surface area contributed by atoms with Gasteiger partial charge in [0.05, 0.1) is 27.1 Å².